The largest absolute Gasteiger partial charge is 0.480 e. The van der Waals surface area contributed by atoms with Crippen molar-refractivity contribution in [3.8, 4) is 0 Å². The number of aliphatic carboxylic acids is 1. The molecule has 166 valence electrons. The highest BCUT2D eigenvalue weighted by atomic mass is 16.4. The van der Waals surface area contributed by atoms with E-state index in [2.05, 4.69) is 25.9 Å². The van der Waals surface area contributed by atoms with Crippen LogP contribution >= 0.6 is 0 Å². The molecule has 0 bridgehead atoms. The van der Waals surface area contributed by atoms with E-state index in [1.807, 2.05) is 0 Å². The minimum absolute atomic E-state index is 0.116. The normalized spacial score (nSPS) is 13.7. The predicted molar refractivity (Wildman–Crippen MR) is 103 cm³/mol. The molecule has 30 heavy (non-hydrogen) atoms. The monoisotopic (exact) mass is 425 g/mol. The molecule has 13 heteroatoms. The SMILES string of the molecule is CC(C)C(NC(=O)CNC(=O)C(CC(N)=O)NC(=O)C(N)Cc1cnc[nH]1)C(=O)O. The van der Waals surface area contributed by atoms with Crippen LogP contribution in [0.2, 0.25) is 0 Å². The summed E-state index contributed by atoms with van der Waals surface area (Å²) >= 11 is 0. The van der Waals surface area contributed by atoms with Gasteiger partial charge in [0.25, 0.3) is 0 Å². The second-order valence-electron chi connectivity index (χ2n) is 6.96. The predicted octanol–water partition coefficient (Wildman–Crippen LogP) is -3.02. The molecule has 3 atom stereocenters. The molecule has 0 saturated heterocycles. The van der Waals surface area contributed by atoms with Crippen LogP contribution in [0, 0.1) is 5.92 Å². The van der Waals surface area contributed by atoms with E-state index in [1.165, 1.54) is 12.5 Å². The third kappa shape index (κ3) is 8.26. The smallest absolute Gasteiger partial charge is 0.326 e. The van der Waals surface area contributed by atoms with E-state index in [4.69, 9.17) is 16.6 Å². The number of aromatic amines is 1. The molecule has 1 rings (SSSR count). The second-order valence-corrected chi connectivity index (χ2v) is 6.96. The number of nitrogens with zero attached hydrogens (tertiary/aromatic N) is 1. The van der Waals surface area contributed by atoms with E-state index in [0.29, 0.717) is 5.69 Å². The molecule has 1 heterocycles. The number of carbonyl (C=O) groups excluding carboxylic acids is 4. The van der Waals surface area contributed by atoms with Gasteiger partial charge in [-0.25, -0.2) is 9.78 Å². The van der Waals surface area contributed by atoms with Crippen LogP contribution in [0.25, 0.3) is 0 Å². The Balaban J connectivity index is 2.65. The molecule has 0 spiro atoms. The second kappa shape index (κ2) is 11.5. The fraction of sp³-hybridized carbons (Fsp3) is 0.529. The number of hydrogen-bond donors (Lipinski definition) is 7. The number of imidazole rings is 1. The van der Waals surface area contributed by atoms with Crippen molar-refractivity contribution in [3.63, 3.8) is 0 Å². The van der Waals surface area contributed by atoms with E-state index >= 15 is 0 Å². The molecular formula is C17H27N7O6. The molecule has 13 nitrogen and oxygen atoms in total. The summed E-state index contributed by atoms with van der Waals surface area (Å²) in [5.41, 5.74) is 11.5. The van der Waals surface area contributed by atoms with Gasteiger partial charge in [0.1, 0.15) is 12.1 Å². The maximum atomic E-state index is 12.3. The minimum Gasteiger partial charge on any atom is -0.480 e. The van der Waals surface area contributed by atoms with Crippen molar-refractivity contribution in [1.82, 2.24) is 25.9 Å². The topological polar surface area (TPSA) is 222 Å². The summed E-state index contributed by atoms with van der Waals surface area (Å²) in [7, 11) is 0. The number of aromatic nitrogens is 2. The molecule has 0 aliphatic heterocycles. The van der Waals surface area contributed by atoms with Crippen molar-refractivity contribution >= 4 is 29.6 Å². The molecule has 0 saturated carbocycles. The Kier molecular flexibility index (Phi) is 9.42. The highest BCUT2D eigenvalue weighted by molar-refractivity contribution is 5.95. The Hall–Kier alpha value is -3.48. The maximum absolute atomic E-state index is 12.3. The lowest BCUT2D eigenvalue weighted by atomic mass is 10.0. The van der Waals surface area contributed by atoms with Crippen LogP contribution in [0.3, 0.4) is 0 Å². The average molecular weight is 425 g/mol. The summed E-state index contributed by atoms with van der Waals surface area (Å²) in [5.74, 6) is -4.74. The molecule has 1 aromatic heterocycles. The average Bonchev–Trinajstić information content (AvgIpc) is 3.15. The van der Waals surface area contributed by atoms with E-state index in [0.717, 1.165) is 0 Å². The number of carboxylic acids is 1. The van der Waals surface area contributed by atoms with Gasteiger partial charge in [-0.3, -0.25) is 19.2 Å². The van der Waals surface area contributed by atoms with Crippen molar-refractivity contribution < 1.29 is 29.1 Å². The van der Waals surface area contributed by atoms with Crippen molar-refractivity contribution in [1.29, 1.82) is 0 Å². The Morgan fingerprint density at radius 3 is 2.33 bits per heavy atom. The lowest BCUT2D eigenvalue weighted by Gasteiger charge is -2.20. The summed E-state index contributed by atoms with van der Waals surface area (Å²) < 4.78 is 0. The number of carboxylic acid groups (broad SMARTS) is 1. The van der Waals surface area contributed by atoms with Gasteiger partial charge in [0.2, 0.25) is 23.6 Å². The van der Waals surface area contributed by atoms with Gasteiger partial charge in [-0.2, -0.15) is 0 Å². The number of carbonyl (C=O) groups is 5. The highest BCUT2D eigenvalue weighted by Gasteiger charge is 2.27. The first-order valence-corrected chi connectivity index (χ1v) is 9.12. The molecule has 3 unspecified atom stereocenters. The summed E-state index contributed by atoms with van der Waals surface area (Å²) in [6.07, 6.45) is 2.51. The quantitative estimate of drug-likeness (QED) is 0.182. The lowest BCUT2D eigenvalue weighted by Crippen LogP contribution is -2.55. The number of nitrogens with two attached hydrogens (primary N) is 2. The van der Waals surface area contributed by atoms with Gasteiger partial charge < -0.3 is 37.5 Å². The first-order valence-electron chi connectivity index (χ1n) is 9.12. The van der Waals surface area contributed by atoms with Gasteiger partial charge in [0.15, 0.2) is 0 Å². The number of amides is 4. The number of rotatable bonds is 12. The number of H-pyrrole nitrogens is 1. The van der Waals surface area contributed by atoms with Gasteiger partial charge in [0.05, 0.1) is 25.3 Å². The minimum atomic E-state index is -1.35. The van der Waals surface area contributed by atoms with Crippen LogP contribution in [0.15, 0.2) is 12.5 Å². The zero-order valence-corrected chi connectivity index (χ0v) is 16.7. The molecule has 0 aliphatic rings. The van der Waals surface area contributed by atoms with Gasteiger partial charge in [-0.15, -0.1) is 0 Å². The zero-order chi connectivity index (χ0) is 22.8. The first-order chi connectivity index (χ1) is 14.0. The van der Waals surface area contributed by atoms with E-state index in [-0.39, 0.29) is 12.3 Å². The summed E-state index contributed by atoms with van der Waals surface area (Å²) in [4.78, 5) is 65.5. The molecular weight excluding hydrogens is 398 g/mol. The van der Waals surface area contributed by atoms with Crippen LogP contribution < -0.4 is 27.4 Å². The van der Waals surface area contributed by atoms with Gasteiger partial charge in [0, 0.05) is 18.3 Å². The molecule has 0 aromatic carbocycles. The lowest BCUT2D eigenvalue weighted by molar-refractivity contribution is -0.143. The highest BCUT2D eigenvalue weighted by Crippen LogP contribution is 2.02. The van der Waals surface area contributed by atoms with Gasteiger partial charge in [-0.05, 0) is 5.92 Å². The van der Waals surface area contributed by atoms with Crippen LogP contribution in [0.1, 0.15) is 26.0 Å². The standard InChI is InChI=1S/C17H27N7O6/c1-8(2)14(17(29)30)24-13(26)6-21-16(28)11(4-12(19)25)23-15(27)10(18)3-9-5-20-7-22-9/h5,7-8,10-11,14H,3-4,6,18H2,1-2H3,(H2,19,25)(H,20,22)(H,21,28)(H,23,27)(H,24,26)(H,29,30). The van der Waals surface area contributed by atoms with E-state index in [9.17, 15) is 24.0 Å². The van der Waals surface area contributed by atoms with Crippen LogP contribution in [0.4, 0.5) is 0 Å². The number of nitrogens with one attached hydrogen (secondary N) is 4. The number of hydrogen-bond acceptors (Lipinski definition) is 7. The third-order valence-electron chi connectivity index (χ3n) is 4.04. The fourth-order valence-electron chi connectivity index (χ4n) is 2.44. The molecule has 9 N–H and O–H groups in total. The molecule has 0 radical (unpaired) electrons. The van der Waals surface area contributed by atoms with Crippen LogP contribution in [0.5, 0.6) is 0 Å². The molecule has 4 amide bonds. The number of primary amides is 1. The maximum Gasteiger partial charge on any atom is 0.326 e. The van der Waals surface area contributed by atoms with Crippen molar-refractivity contribution in [2.24, 2.45) is 17.4 Å². The van der Waals surface area contributed by atoms with Crippen LogP contribution in [-0.2, 0) is 30.4 Å². The summed E-state index contributed by atoms with van der Waals surface area (Å²) in [6, 6.07) is -3.51. The van der Waals surface area contributed by atoms with E-state index in [1.54, 1.807) is 13.8 Å². The Bertz CT molecular complexity index is 765. The van der Waals surface area contributed by atoms with Gasteiger partial charge in [-0.1, -0.05) is 13.8 Å². The van der Waals surface area contributed by atoms with Crippen molar-refractivity contribution in [2.45, 2.75) is 44.8 Å². The molecule has 1 aromatic rings. The Morgan fingerprint density at radius 2 is 1.83 bits per heavy atom. The van der Waals surface area contributed by atoms with Crippen molar-refractivity contribution in [2.75, 3.05) is 6.54 Å². The van der Waals surface area contributed by atoms with Crippen molar-refractivity contribution in [3.05, 3.63) is 18.2 Å². The Labute approximate surface area is 172 Å². The third-order valence-corrected chi connectivity index (χ3v) is 4.04. The Morgan fingerprint density at radius 1 is 1.17 bits per heavy atom. The van der Waals surface area contributed by atoms with Gasteiger partial charge >= 0.3 is 5.97 Å². The summed E-state index contributed by atoms with van der Waals surface area (Å²) in [5, 5.41) is 15.9. The molecule has 0 fully saturated rings. The molecule has 0 aliphatic carbocycles. The fourth-order valence-corrected chi connectivity index (χ4v) is 2.44. The zero-order valence-electron chi connectivity index (χ0n) is 16.7. The van der Waals surface area contributed by atoms with Crippen LogP contribution in [-0.4, -0.2) is 69.3 Å². The van der Waals surface area contributed by atoms with E-state index < -0.39 is 60.7 Å². The first kappa shape index (κ1) is 24.6. The summed E-state index contributed by atoms with van der Waals surface area (Å²) in [6.45, 7) is 2.67.